The van der Waals surface area contributed by atoms with Crippen molar-refractivity contribution >= 4 is 56.7 Å². The van der Waals surface area contributed by atoms with E-state index in [1.165, 1.54) is 23.1 Å². The molecule has 1 unspecified atom stereocenters. The average Bonchev–Trinajstić information content (AvgIpc) is 3.40. The second kappa shape index (κ2) is 8.46. The van der Waals surface area contributed by atoms with Crippen LogP contribution in [0.4, 0.5) is 5.69 Å². The van der Waals surface area contributed by atoms with Gasteiger partial charge in [0.05, 0.1) is 34.5 Å². The lowest BCUT2D eigenvalue weighted by Gasteiger charge is -2.09. The molecule has 2 aliphatic rings. The number of carbonyl (C=O) groups is 3. The lowest BCUT2D eigenvalue weighted by molar-refractivity contribution is -0.123. The zero-order chi connectivity index (χ0) is 19.5. The number of fused-ring (bicyclic) bond motifs is 1. The molecule has 3 amide bonds. The molecule has 0 radical (unpaired) electrons. The third kappa shape index (κ3) is 4.62. The van der Waals surface area contributed by atoms with E-state index in [1.807, 2.05) is 12.1 Å². The van der Waals surface area contributed by atoms with E-state index in [-0.39, 0.29) is 36.1 Å². The summed E-state index contributed by atoms with van der Waals surface area (Å²) in [4.78, 5) is 40.1. The summed E-state index contributed by atoms with van der Waals surface area (Å²) >= 11 is 2.88. The van der Waals surface area contributed by atoms with E-state index in [0.717, 1.165) is 21.0 Å². The van der Waals surface area contributed by atoms with Crippen LogP contribution in [0, 0.1) is 5.92 Å². The number of nitrogens with one attached hydrogen (secondary N) is 3. The number of carbonyl (C=O) groups excluding carboxylic acids is 3. The van der Waals surface area contributed by atoms with Crippen LogP contribution in [0.3, 0.4) is 0 Å². The standard InChI is InChI=1S/C18H20N4O4S2/c23-15-5-10(7-19-15)17(25)21-11-1-2-13-14(6-11)28-18(22-13)27-9-16(24)20-12-3-4-26-8-12/h1-2,6,10,12H,3-5,7-9H2,(H,19,23)(H,20,24)(H,21,25)/t10-,12?/m0/s1. The van der Waals surface area contributed by atoms with Gasteiger partial charge in [0, 0.05) is 25.3 Å². The van der Waals surface area contributed by atoms with Gasteiger partial charge in [0.25, 0.3) is 0 Å². The summed E-state index contributed by atoms with van der Waals surface area (Å²) in [7, 11) is 0. The highest BCUT2D eigenvalue weighted by Gasteiger charge is 2.28. The van der Waals surface area contributed by atoms with Gasteiger partial charge in [-0.25, -0.2) is 4.98 Å². The molecule has 8 nitrogen and oxygen atoms in total. The fraction of sp³-hybridized carbons (Fsp3) is 0.444. The maximum atomic E-state index is 12.2. The van der Waals surface area contributed by atoms with Gasteiger partial charge >= 0.3 is 0 Å². The van der Waals surface area contributed by atoms with Crippen molar-refractivity contribution < 1.29 is 19.1 Å². The smallest absolute Gasteiger partial charge is 0.230 e. The summed E-state index contributed by atoms with van der Waals surface area (Å²) in [6.45, 7) is 1.66. The molecule has 2 fully saturated rings. The molecule has 28 heavy (non-hydrogen) atoms. The Balaban J connectivity index is 1.34. The topological polar surface area (TPSA) is 109 Å². The lowest BCUT2D eigenvalue weighted by Crippen LogP contribution is -2.36. The molecule has 2 aliphatic heterocycles. The van der Waals surface area contributed by atoms with E-state index >= 15 is 0 Å². The SMILES string of the molecule is O=C1C[C@H](C(=O)Nc2ccc3nc(SCC(=O)NC4CCOC4)sc3c2)CN1. The first-order valence-electron chi connectivity index (χ1n) is 9.05. The minimum absolute atomic E-state index is 0.0209. The number of thiazole rings is 1. The highest BCUT2D eigenvalue weighted by Crippen LogP contribution is 2.31. The number of thioether (sulfide) groups is 1. The van der Waals surface area contributed by atoms with Crippen molar-refractivity contribution in [2.45, 2.75) is 23.2 Å². The van der Waals surface area contributed by atoms with Crippen LogP contribution in [0.2, 0.25) is 0 Å². The quantitative estimate of drug-likeness (QED) is 0.609. The van der Waals surface area contributed by atoms with Crippen LogP contribution >= 0.6 is 23.1 Å². The molecule has 148 valence electrons. The van der Waals surface area contributed by atoms with Gasteiger partial charge in [0.2, 0.25) is 17.7 Å². The molecule has 3 heterocycles. The van der Waals surface area contributed by atoms with Gasteiger partial charge in [-0.05, 0) is 24.6 Å². The second-order valence-corrected chi connectivity index (χ2v) is 9.03. The number of anilines is 1. The number of rotatable bonds is 6. The third-order valence-corrected chi connectivity index (χ3v) is 6.77. The van der Waals surface area contributed by atoms with Gasteiger partial charge < -0.3 is 20.7 Å². The van der Waals surface area contributed by atoms with E-state index in [1.54, 1.807) is 6.07 Å². The van der Waals surface area contributed by atoms with Crippen molar-refractivity contribution in [1.82, 2.24) is 15.6 Å². The Morgan fingerprint density at radius 1 is 1.39 bits per heavy atom. The molecule has 0 aliphatic carbocycles. The first-order valence-corrected chi connectivity index (χ1v) is 10.8. The van der Waals surface area contributed by atoms with Crippen molar-refractivity contribution in [3.8, 4) is 0 Å². The number of benzene rings is 1. The molecule has 0 spiro atoms. The van der Waals surface area contributed by atoms with Gasteiger partial charge in [0.15, 0.2) is 4.34 Å². The van der Waals surface area contributed by atoms with Gasteiger partial charge in [0.1, 0.15) is 0 Å². The third-order valence-electron chi connectivity index (χ3n) is 4.61. The zero-order valence-electron chi connectivity index (χ0n) is 15.0. The van der Waals surface area contributed by atoms with Crippen molar-refractivity contribution in [3.63, 3.8) is 0 Å². The molecule has 3 N–H and O–H groups in total. The molecule has 4 rings (SSSR count). The Morgan fingerprint density at radius 3 is 3.04 bits per heavy atom. The Labute approximate surface area is 169 Å². The van der Waals surface area contributed by atoms with Crippen LogP contribution in [0.15, 0.2) is 22.5 Å². The fourth-order valence-electron chi connectivity index (χ4n) is 3.12. The second-order valence-electron chi connectivity index (χ2n) is 6.77. The Kier molecular flexibility index (Phi) is 5.79. The molecule has 10 heteroatoms. The average molecular weight is 421 g/mol. The predicted molar refractivity (Wildman–Crippen MR) is 107 cm³/mol. The number of aromatic nitrogens is 1. The molecule has 1 aromatic heterocycles. The molecule has 1 aromatic carbocycles. The number of nitrogens with zero attached hydrogens (tertiary/aromatic N) is 1. The number of hydrogen-bond donors (Lipinski definition) is 3. The van der Waals surface area contributed by atoms with Crippen molar-refractivity contribution in [2.75, 3.05) is 30.8 Å². The summed E-state index contributed by atoms with van der Waals surface area (Å²) in [5, 5.41) is 8.49. The van der Waals surface area contributed by atoms with Gasteiger partial charge in [-0.3, -0.25) is 14.4 Å². The van der Waals surface area contributed by atoms with E-state index < -0.39 is 0 Å². The normalized spacial score (nSPS) is 21.6. The molecular weight excluding hydrogens is 400 g/mol. The van der Waals surface area contributed by atoms with E-state index in [0.29, 0.717) is 31.2 Å². The Bertz CT molecular complexity index is 910. The number of ether oxygens (including phenoxy) is 1. The van der Waals surface area contributed by atoms with Crippen LogP contribution in [-0.2, 0) is 19.1 Å². The lowest BCUT2D eigenvalue weighted by atomic mass is 10.1. The van der Waals surface area contributed by atoms with Crippen LogP contribution in [0.25, 0.3) is 10.2 Å². The van der Waals surface area contributed by atoms with E-state index in [9.17, 15) is 14.4 Å². The van der Waals surface area contributed by atoms with Gasteiger partial charge in [-0.15, -0.1) is 11.3 Å². The number of hydrogen-bond acceptors (Lipinski definition) is 7. The van der Waals surface area contributed by atoms with Crippen LogP contribution in [0.5, 0.6) is 0 Å². The molecule has 2 atom stereocenters. The molecule has 2 saturated heterocycles. The minimum atomic E-state index is -0.334. The van der Waals surface area contributed by atoms with Crippen LogP contribution in [0.1, 0.15) is 12.8 Å². The summed E-state index contributed by atoms with van der Waals surface area (Å²) in [5.41, 5.74) is 1.50. The first-order chi connectivity index (χ1) is 13.6. The Hall–Kier alpha value is -2.17. The highest BCUT2D eigenvalue weighted by atomic mass is 32.2. The van der Waals surface area contributed by atoms with Crippen molar-refractivity contribution in [1.29, 1.82) is 0 Å². The largest absolute Gasteiger partial charge is 0.379 e. The Morgan fingerprint density at radius 2 is 2.29 bits per heavy atom. The fourth-order valence-corrected chi connectivity index (χ4v) is 5.04. The number of amides is 3. The first kappa shape index (κ1) is 19.2. The maximum absolute atomic E-state index is 12.2. The predicted octanol–water partition coefficient (Wildman–Crippen LogP) is 1.37. The molecule has 0 saturated carbocycles. The molecular formula is C18H20N4O4S2. The summed E-state index contributed by atoms with van der Waals surface area (Å²) in [6.07, 6.45) is 1.08. The van der Waals surface area contributed by atoms with Crippen molar-refractivity contribution in [2.24, 2.45) is 5.92 Å². The molecule has 2 aromatic rings. The molecule has 0 bridgehead atoms. The highest BCUT2D eigenvalue weighted by molar-refractivity contribution is 8.01. The zero-order valence-corrected chi connectivity index (χ0v) is 16.7. The van der Waals surface area contributed by atoms with Gasteiger partial charge in [-0.1, -0.05) is 11.8 Å². The van der Waals surface area contributed by atoms with E-state index in [2.05, 4.69) is 20.9 Å². The minimum Gasteiger partial charge on any atom is -0.379 e. The summed E-state index contributed by atoms with van der Waals surface area (Å²) in [5.74, 6) is -0.302. The van der Waals surface area contributed by atoms with Crippen LogP contribution in [-0.4, -0.2) is 54.3 Å². The van der Waals surface area contributed by atoms with E-state index in [4.69, 9.17) is 4.74 Å². The van der Waals surface area contributed by atoms with Gasteiger partial charge in [-0.2, -0.15) is 0 Å². The summed E-state index contributed by atoms with van der Waals surface area (Å²) in [6, 6.07) is 5.62. The summed E-state index contributed by atoms with van der Waals surface area (Å²) < 4.78 is 7.00. The maximum Gasteiger partial charge on any atom is 0.230 e. The van der Waals surface area contributed by atoms with Crippen LogP contribution < -0.4 is 16.0 Å². The monoisotopic (exact) mass is 420 g/mol. The van der Waals surface area contributed by atoms with Crippen molar-refractivity contribution in [3.05, 3.63) is 18.2 Å².